The lowest BCUT2D eigenvalue weighted by Gasteiger charge is -2.27. The molecular formula is C12H24N2O3. The average Bonchev–Trinajstić information content (AvgIpc) is 2.25. The molecule has 1 heterocycles. The molecule has 0 radical (unpaired) electrons. The minimum atomic E-state index is -0.862. The van der Waals surface area contributed by atoms with Crippen molar-refractivity contribution in [2.75, 3.05) is 33.3 Å². The van der Waals surface area contributed by atoms with Crippen LogP contribution < -0.4 is 5.32 Å². The highest BCUT2D eigenvalue weighted by Crippen LogP contribution is 2.08. The zero-order valence-electron chi connectivity index (χ0n) is 11.0. The summed E-state index contributed by atoms with van der Waals surface area (Å²) in [5, 5.41) is 12.9. The first-order valence-electron chi connectivity index (χ1n) is 6.17. The normalized spacial score (nSPS) is 18.1. The molecule has 5 nitrogen and oxygen atoms in total. The van der Waals surface area contributed by atoms with Crippen LogP contribution in [0.3, 0.4) is 0 Å². The molecule has 100 valence electrons. The van der Waals surface area contributed by atoms with E-state index in [0.29, 0.717) is 6.54 Å². The number of nitrogens with one attached hydrogen (secondary N) is 1. The number of aliphatic hydroxyl groups is 1. The molecule has 0 saturated carbocycles. The molecule has 1 fully saturated rings. The number of hydrogen-bond acceptors (Lipinski definition) is 4. The fraction of sp³-hybridized carbons (Fsp3) is 0.917. The zero-order chi connectivity index (χ0) is 12.9. The molecule has 0 aliphatic carbocycles. The van der Waals surface area contributed by atoms with Crippen molar-refractivity contribution >= 4 is 5.91 Å². The van der Waals surface area contributed by atoms with Gasteiger partial charge in [-0.1, -0.05) is 0 Å². The summed E-state index contributed by atoms with van der Waals surface area (Å²) in [6.45, 7) is 5.71. The van der Waals surface area contributed by atoms with Crippen molar-refractivity contribution in [1.29, 1.82) is 0 Å². The van der Waals surface area contributed by atoms with E-state index < -0.39 is 5.60 Å². The fourth-order valence-electron chi connectivity index (χ4n) is 1.93. The number of nitrogens with zero attached hydrogens (tertiary/aromatic N) is 1. The van der Waals surface area contributed by atoms with Gasteiger partial charge in [0.2, 0.25) is 5.91 Å². The Balaban J connectivity index is 2.23. The molecule has 1 aliphatic heterocycles. The van der Waals surface area contributed by atoms with Crippen molar-refractivity contribution in [2.45, 2.75) is 38.4 Å². The molecule has 0 aromatic carbocycles. The molecule has 0 spiro atoms. The molecule has 0 unspecified atom stereocenters. The summed E-state index contributed by atoms with van der Waals surface area (Å²) < 4.78 is 5.57. The van der Waals surface area contributed by atoms with Crippen LogP contribution in [0.1, 0.15) is 26.7 Å². The van der Waals surface area contributed by atoms with Gasteiger partial charge in [0.1, 0.15) is 6.61 Å². The number of piperidine rings is 1. The average molecular weight is 244 g/mol. The van der Waals surface area contributed by atoms with Gasteiger partial charge in [0.15, 0.2) is 0 Å². The molecular weight excluding hydrogens is 220 g/mol. The number of hydrogen-bond donors (Lipinski definition) is 2. The SMILES string of the molecule is CN(CC(C)(C)O)C(=O)COC1CCNCC1. The third kappa shape index (κ3) is 6.00. The summed E-state index contributed by atoms with van der Waals surface area (Å²) in [4.78, 5) is 13.3. The van der Waals surface area contributed by atoms with Crippen molar-refractivity contribution in [3.8, 4) is 0 Å². The van der Waals surface area contributed by atoms with Crippen LogP contribution in [-0.2, 0) is 9.53 Å². The Morgan fingerprint density at radius 3 is 2.59 bits per heavy atom. The van der Waals surface area contributed by atoms with Crippen molar-refractivity contribution < 1.29 is 14.6 Å². The van der Waals surface area contributed by atoms with Gasteiger partial charge in [0.25, 0.3) is 0 Å². The molecule has 0 aromatic heterocycles. The van der Waals surface area contributed by atoms with E-state index in [2.05, 4.69) is 5.32 Å². The van der Waals surface area contributed by atoms with Crippen LogP contribution in [0.5, 0.6) is 0 Å². The summed E-state index contributed by atoms with van der Waals surface area (Å²) in [6, 6.07) is 0. The Labute approximate surface area is 103 Å². The number of carbonyl (C=O) groups excluding carboxylic acids is 1. The first-order valence-corrected chi connectivity index (χ1v) is 6.17. The highest BCUT2D eigenvalue weighted by Gasteiger charge is 2.21. The molecule has 1 saturated heterocycles. The van der Waals surface area contributed by atoms with Gasteiger partial charge in [0.05, 0.1) is 11.7 Å². The van der Waals surface area contributed by atoms with Crippen LogP contribution in [0.4, 0.5) is 0 Å². The van der Waals surface area contributed by atoms with E-state index in [0.717, 1.165) is 25.9 Å². The number of rotatable bonds is 5. The second-order valence-electron chi connectivity index (χ2n) is 5.32. The van der Waals surface area contributed by atoms with Gasteiger partial charge in [-0.2, -0.15) is 0 Å². The summed E-state index contributed by atoms with van der Waals surface area (Å²) >= 11 is 0. The molecule has 0 bridgehead atoms. The Kier molecular flexibility index (Phi) is 5.36. The minimum absolute atomic E-state index is 0.0781. The van der Waals surface area contributed by atoms with Gasteiger partial charge < -0.3 is 20.1 Å². The van der Waals surface area contributed by atoms with Gasteiger partial charge in [-0.15, -0.1) is 0 Å². The van der Waals surface area contributed by atoms with Crippen LogP contribution in [0.25, 0.3) is 0 Å². The van der Waals surface area contributed by atoms with Crippen LogP contribution >= 0.6 is 0 Å². The second-order valence-corrected chi connectivity index (χ2v) is 5.32. The number of amides is 1. The third-order valence-electron chi connectivity index (χ3n) is 2.78. The molecule has 17 heavy (non-hydrogen) atoms. The summed E-state index contributed by atoms with van der Waals surface area (Å²) in [7, 11) is 1.69. The lowest BCUT2D eigenvalue weighted by atomic mass is 10.1. The monoisotopic (exact) mass is 244 g/mol. The fourth-order valence-corrected chi connectivity index (χ4v) is 1.93. The van der Waals surface area contributed by atoms with Crippen LogP contribution in [0.2, 0.25) is 0 Å². The van der Waals surface area contributed by atoms with Crippen molar-refractivity contribution in [3.05, 3.63) is 0 Å². The van der Waals surface area contributed by atoms with E-state index in [1.54, 1.807) is 20.9 Å². The van der Waals surface area contributed by atoms with Gasteiger partial charge in [-0.3, -0.25) is 4.79 Å². The largest absolute Gasteiger partial charge is 0.389 e. The van der Waals surface area contributed by atoms with E-state index >= 15 is 0 Å². The van der Waals surface area contributed by atoms with E-state index in [1.807, 2.05) is 0 Å². The van der Waals surface area contributed by atoms with Crippen molar-refractivity contribution in [1.82, 2.24) is 10.2 Å². The molecule has 0 atom stereocenters. The highest BCUT2D eigenvalue weighted by atomic mass is 16.5. The summed E-state index contributed by atoms with van der Waals surface area (Å²) in [5.41, 5.74) is -0.862. The molecule has 5 heteroatoms. The molecule has 1 aliphatic rings. The van der Waals surface area contributed by atoms with E-state index in [-0.39, 0.29) is 18.6 Å². The Bertz CT molecular complexity index is 245. The third-order valence-corrected chi connectivity index (χ3v) is 2.78. The lowest BCUT2D eigenvalue weighted by molar-refractivity contribution is -0.140. The smallest absolute Gasteiger partial charge is 0.248 e. The van der Waals surface area contributed by atoms with Crippen LogP contribution in [0, 0.1) is 0 Å². The van der Waals surface area contributed by atoms with E-state index in [9.17, 15) is 9.90 Å². The molecule has 0 aromatic rings. The van der Waals surface area contributed by atoms with E-state index in [4.69, 9.17) is 4.74 Å². The summed E-state index contributed by atoms with van der Waals surface area (Å²) in [6.07, 6.45) is 2.11. The molecule has 1 rings (SSSR count). The van der Waals surface area contributed by atoms with Gasteiger partial charge in [-0.05, 0) is 39.8 Å². The van der Waals surface area contributed by atoms with Gasteiger partial charge >= 0.3 is 0 Å². The topological polar surface area (TPSA) is 61.8 Å². The van der Waals surface area contributed by atoms with Gasteiger partial charge in [-0.25, -0.2) is 0 Å². The second kappa shape index (κ2) is 6.33. The maximum absolute atomic E-state index is 11.7. The van der Waals surface area contributed by atoms with Crippen LogP contribution in [0.15, 0.2) is 0 Å². The Hall–Kier alpha value is -0.650. The van der Waals surface area contributed by atoms with Crippen LogP contribution in [-0.4, -0.2) is 60.9 Å². The maximum atomic E-state index is 11.7. The minimum Gasteiger partial charge on any atom is -0.389 e. The highest BCUT2D eigenvalue weighted by molar-refractivity contribution is 5.77. The standard InChI is InChI=1S/C12H24N2O3/c1-12(2,16)9-14(3)11(15)8-17-10-4-6-13-7-5-10/h10,13,16H,4-9H2,1-3H3. The zero-order valence-corrected chi connectivity index (χ0v) is 11.0. The first kappa shape index (κ1) is 14.4. The molecule has 2 N–H and O–H groups in total. The van der Waals surface area contributed by atoms with Crippen molar-refractivity contribution in [2.24, 2.45) is 0 Å². The predicted octanol–water partition coefficient (Wildman–Crippen LogP) is -0.0157. The van der Waals surface area contributed by atoms with E-state index in [1.165, 1.54) is 4.90 Å². The summed E-state index contributed by atoms with van der Waals surface area (Å²) in [5.74, 6) is -0.0781. The maximum Gasteiger partial charge on any atom is 0.248 e. The van der Waals surface area contributed by atoms with Gasteiger partial charge in [0, 0.05) is 13.6 Å². The predicted molar refractivity (Wildman–Crippen MR) is 65.8 cm³/mol. The number of ether oxygens (including phenoxy) is 1. The lowest BCUT2D eigenvalue weighted by Crippen LogP contribution is -2.42. The van der Waals surface area contributed by atoms with Crippen molar-refractivity contribution in [3.63, 3.8) is 0 Å². The Morgan fingerprint density at radius 2 is 2.06 bits per heavy atom. The quantitative estimate of drug-likeness (QED) is 0.714. The Morgan fingerprint density at radius 1 is 1.47 bits per heavy atom. The number of carbonyl (C=O) groups is 1. The first-order chi connectivity index (χ1) is 7.88. The number of likely N-dealkylation sites (N-methyl/N-ethyl adjacent to an activating group) is 1. The molecule has 1 amide bonds.